The van der Waals surface area contributed by atoms with Gasteiger partial charge in [-0.1, -0.05) is 18.0 Å². The first kappa shape index (κ1) is 13.5. The van der Waals surface area contributed by atoms with Crippen molar-refractivity contribution in [1.29, 1.82) is 0 Å². The molecule has 0 aliphatic heterocycles. The average molecular weight is 288 g/mol. The molecule has 1 N–H and O–H groups in total. The summed E-state index contributed by atoms with van der Waals surface area (Å²) in [5.74, 6) is 0.795. The Bertz CT molecular complexity index is 662. The molecule has 2 aromatic rings. The number of aryl methyl sites for hydroxylation is 1. The van der Waals surface area contributed by atoms with Crippen LogP contribution in [0.1, 0.15) is 31.5 Å². The van der Waals surface area contributed by atoms with Crippen LogP contribution in [0.2, 0.25) is 0 Å². The summed E-state index contributed by atoms with van der Waals surface area (Å²) in [6.45, 7) is 1.71. The average Bonchev–Trinajstić information content (AvgIpc) is 3.10. The zero-order valence-electron chi connectivity index (χ0n) is 11.7. The third-order valence-electron chi connectivity index (χ3n) is 3.68. The van der Waals surface area contributed by atoms with Gasteiger partial charge in [0.15, 0.2) is 5.82 Å². The molecule has 0 radical (unpaired) electrons. The van der Waals surface area contributed by atoms with Crippen LogP contribution in [0.4, 0.5) is 11.4 Å². The van der Waals surface area contributed by atoms with Crippen molar-refractivity contribution >= 4 is 11.4 Å². The Morgan fingerprint density at radius 3 is 2.76 bits per heavy atom. The van der Waals surface area contributed by atoms with Gasteiger partial charge in [-0.05, 0) is 31.9 Å². The maximum absolute atomic E-state index is 11.3. The highest BCUT2D eigenvalue weighted by Gasteiger charge is 2.21. The van der Waals surface area contributed by atoms with Gasteiger partial charge in [-0.3, -0.25) is 10.1 Å². The highest BCUT2D eigenvalue weighted by atomic mass is 16.6. The molecule has 1 fully saturated rings. The van der Waals surface area contributed by atoms with Crippen LogP contribution in [0, 0.1) is 17.0 Å². The zero-order valence-corrected chi connectivity index (χ0v) is 11.7. The Labute approximate surface area is 121 Å². The zero-order chi connectivity index (χ0) is 14.8. The van der Waals surface area contributed by atoms with Gasteiger partial charge in [0, 0.05) is 17.7 Å². The van der Waals surface area contributed by atoms with Crippen LogP contribution in [0.25, 0.3) is 11.5 Å². The minimum atomic E-state index is -0.385. The number of nitro benzene ring substituents is 1. The van der Waals surface area contributed by atoms with E-state index in [9.17, 15) is 10.1 Å². The van der Waals surface area contributed by atoms with E-state index in [-0.39, 0.29) is 10.6 Å². The Balaban J connectivity index is 1.92. The van der Waals surface area contributed by atoms with Gasteiger partial charge in [0.05, 0.1) is 4.92 Å². The first-order chi connectivity index (χ1) is 10.1. The molecule has 1 aliphatic carbocycles. The van der Waals surface area contributed by atoms with Crippen molar-refractivity contribution in [1.82, 2.24) is 10.1 Å². The van der Waals surface area contributed by atoms with Gasteiger partial charge in [-0.25, -0.2) is 0 Å². The van der Waals surface area contributed by atoms with E-state index in [2.05, 4.69) is 15.5 Å². The number of hydrogen-bond acceptors (Lipinski definition) is 6. The van der Waals surface area contributed by atoms with E-state index in [0.29, 0.717) is 29.0 Å². The van der Waals surface area contributed by atoms with Crippen molar-refractivity contribution in [2.45, 2.75) is 38.6 Å². The van der Waals surface area contributed by atoms with E-state index in [0.717, 1.165) is 12.8 Å². The van der Waals surface area contributed by atoms with Gasteiger partial charge in [0.25, 0.3) is 11.6 Å². The van der Waals surface area contributed by atoms with Crippen molar-refractivity contribution in [3.8, 4) is 11.5 Å². The lowest BCUT2D eigenvalue weighted by atomic mass is 10.1. The predicted molar refractivity (Wildman–Crippen MR) is 77.0 cm³/mol. The molecule has 0 saturated heterocycles. The van der Waals surface area contributed by atoms with E-state index in [4.69, 9.17) is 4.52 Å². The minimum absolute atomic E-state index is 0.0373. The van der Waals surface area contributed by atoms with Gasteiger partial charge in [-0.15, -0.1) is 0 Å². The molecular formula is C14H16N4O3. The molecule has 0 spiro atoms. The number of nitrogens with zero attached hydrogens (tertiary/aromatic N) is 3. The topological polar surface area (TPSA) is 94.1 Å². The van der Waals surface area contributed by atoms with E-state index in [1.54, 1.807) is 19.1 Å². The number of nitro groups is 1. The molecule has 7 heteroatoms. The van der Waals surface area contributed by atoms with E-state index < -0.39 is 0 Å². The molecule has 0 bridgehead atoms. The van der Waals surface area contributed by atoms with Gasteiger partial charge in [-0.2, -0.15) is 4.98 Å². The summed E-state index contributed by atoms with van der Waals surface area (Å²) in [4.78, 5) is 15.0. The molecule has 1 saturated carbocycles. The lowest BCUT2D eigenvalue weighted by Gasteiger charge is -2.13. The summed E-state index contributed by atoms with van der Waals surface area (Å²) in [5, 5.41) is 18.3. The van der Waals surface area contributed by atoms with Crippen LogP contribution in [0.3, 0.4) is 0 Å². The van der Waals surface area contributed by atoms with Crippen LogP contribution in [-0.2, 0) is 0 Å². The van der Waals surface area contributed by atoms with E-state index in [1.807, 2.05) is 0 Å². The molecule has 1 heterocycles. The first-order valence-electron chi connectivity index (χ1n) is 6.99. The Morgan fingerprint density at radius 2 is 2.14 bits per heavy atom. The van der Waals surface area contributed by atoms with Gasteiger partial charge >= 0.3 is 0 Å². The molecule has 1 aromatic heterocycles. The van der Waals surface area contributed by atoms with Crippen LogP contribution in [0.15, 0.2) is 22.7 Å². The largest absolute Gasteiger partial charge is 0.377 e. The summed E-state index contributed by atoms with van der Waals surface area (Å²) < 4.78 is 5.05. The number of rotatable bonds is 4. The molecule has 1 aliphatic rings. The summed E-state index contributed by atoms with van der Waals surface area (Å²) in [7, 11) is 0. The second-order valence-corrected chi connectivity index (χ2v) is 5.26. The minimum Gasteiger partial charge on any atom is -0.377 e. The molecule has 0 amide bonds. The maximum atomic E-state index is 11.3. The van der Waals surface area contributed by atoms with Crippen molar-refractivity contribution in [2.24, 2.45) is 0 Å². The third-order valence-corrected chi connectivity index (χ3v) is 3.68. The predicted octanol–water partition coefficient (Wildman–Crippen LogP) is 3.31. The molecule has 3 rings (SSSR count). The Hall–Kier alpha value is -2.44. The lowest BCUT2D eigenvalue weighted by molar-refractivity contribution is -0.383. The molecule has 0 atom stereocenters. The van der Waals surface area contributed by atoms with E-state index in [1.165, 1.54) is 18.9 Å². The SMILES string of the molecule is Cc1noc(-c2ccc(NC3CCCC3)c([N+](=O)[O-])c2)n1. The van der Waals surface area contributed by atoms with Gasteiger partial charge in [0.2, 0.25) is 0 Å². The molecular weight excluding hydrogens is 272 g/mol. The highest BCUT2D eigenvalue weighted by molar-refractivity contribution is 5.70. The van der Waals surface area contributed by atoms with Crippen LogP contribution in [-0.4, -0.2) is 21.1 Å². The second-order valence-electron chi connectivity index (χ2n) is 5.26. The van der Waals surface area contributed by atoms with Crippen LogP contribution in [0.5, 0.6) is 0 Å². The van der Waals surface area contributed by atoms with Crippen LogP contribution >= 0.6 is 0 Å². The molecule has 1 aromatic carbocycles. The van der Waals surface area contributed by atoms with Crippen molar-refractivity contribution in [3.05, 3.63) is 34.1 Å². The van der Waals surface area contributed by atoms with Crippen molar-refractivity contribution in [3.63, 3.8) is 0 Å². The standard InChI is InChI=1S/C14H16N4O3/c1-9-15-14(21-17-9)10-6-7-12(13(8-10)18(19)20)16-11-4-2-3-5-11/h6-8,11,16H,2-5H2,1H3. The summed E-state index contributed by atoms with van der Waals surface area (Å²) in [5.41, 5.74) is 1.14. The summed E-state index contributed by atoms with van der Waals surface area (Å²) in [6.07, 6.45) is 4.46. The quantitative estimate of drug-likeness (QED) is 0.685. The van der Waals surface area contributed by atoms with Crippen molar-refractivity contribution < 1.29 is 9.45 Å². The molecule has 0 unspecified atom stereocenters. The van der Waals surface area contributed by atoms with Crippen molar-refractivity contribution in [2.75, 3.05) is 5.32 Å². The third kappa shape index (κ3) is 2.86. The molecule has 7 nitrogen and oxygen atoms in total. The second kappa shape index (κ2) is 5.51. The van der Waals surface area contributed by atoms with Gasteiger partial charge < -0.3 is 9.84 Å². The smallest absolute Gasteiger partial charge is 0.293 e. The number of nitrogens with one attached hydrogen (secondary N) is 1. The monoisotopic (exact) mass is 288 g/mol. The number of benzene rings is 1. The molecule has 21 heavy (non-hydrogen) atoms. The Morgan fingerprint density at radius 1 is 1.38 bits per heavy atom. The normalized spacial score (nSPS) is 15.3. The van der Waals surface area contributed by atoms with Gasteiger partial charge in [0.1, 0.15) is 5.69 Å². The summed E-state index contributed by atoms with van der Waals surface area (Å²) >= 11 is 0. The highest BCUT2D eigenvalue weighted by Crippen LogP contribution is 2.32. The molecule has 110 valence electrons. The fourth-order valence-electron chi connectivity index (χ4n) is 2.64. The Kier molecular flexibility index (Phi) is 3.55. The first-order valence-corrected chi connectivity index (χ1v) is 6.99. The fraction of sp³-hybridized carbons (Fsp3) is 0.429. The number of hydrogen-bond donors (Lipinski definition) is 1. The van der Waals surface area contributed by atoms with E-state index >= 15 is 0 Å². The maximum Gasteiger partial charge on any atom is 0.293 e. The lowest BCUT2D eigenvalue weighted by Crippen LogP contribution is -2.15. The summed E-state index contributed by atoms with van der Waals surface area (Å²) in [6, 6.07) is 5.27. The number of anilines is 1. The van der Waals surface area contributed by atoms with Crippen LogP contribution < -0.4 is 5.32 Å². The fourth-order valence-corrected chi connectivity index (χ4v) is 2.64. The number of aromatic nitrogens is 2.